The van der Waals surface area contributed by atoms with Crippen LogP contribution in [-0.2, 0) is 21.4 Å². The Hall–Kier alpha value is -2.61. The van der Waals surface area contributed by atoms with Gasteiger partial charge in [-0.2, -0.15) is 0 Å². The van der Waals surface area contributed by atoms with E-state index in [0.717, 1.165) is 0 Å². The van der Waals surface area contributed by atoms with Gasteiger partial charge in [-0.1, -0.05) is 12.7 Å². The number of H-pyrrole nitrogens is 1. The van der Waals surface area contributed by atoms with Gasteiger partial charge in [-0.3, -0.25) is 14.9 Å². The number of rotatable bonds is 7. The van der Waals surface area contributed by atoms with Gasteiger partial charge in [-0.15, -0.1) is 0 Å². The zero-order chi connectivity index (χ0) is 19.5. The molecule has 8 heteroatoms. The summed E-state index contributed by atoms with van der Waals surface area (Å²) in [6, 6.07) is 4.88. The molecule has 1 aromatic carbocycles. The minimum absolute atomic E-state index is 0.00943. The van der Waals surface area contributed by atoms with E-state index in [2.05, 4.69) is 27.5 Å². The van der Waals surface area contributed by atoms with E-state index in [4.69, 9.17) is 10.5 Å². The molecule has 0 saturated heterocycles. The highest BCUT2D eigenvalue weighted by Crippen LogP contribution is 2.39. The zero-order valence-electron chi connectivity index (χ0n) is 14.5. The van der Waals surface area contributed by atoms with Crippen LogP contribution >= 0.6 is 15.9 Å². The van der Waals surface area contributed by atoms with Crippen LogP contribution in [0.15, 0.2) is 35.4 Å². The maximum absolute atomic E-state index is 12.7. The van der Waals surface area contributed by atoms with Crippen molar-refractivity contribution >= 4 is 39.4 Å². The second-order valence-electron chi connectivity index (χ2n) is 5.96. The molecular formula is C18H20BrN3O4. The Kier molecular flexibility index (Phi) is 5.86. The van der Waals surface area contributed by atoms with Gasteiger partial charge < -0.3 is 15.5 Å². The first-order valence-corrected chi connectivity index (χ1v) is 8.74. The third kappa shape index (κ3) is 3.50. The number of aromatic amines is 1. The predicted molar refractivity (Wildman–Crippen MR) is 104 cm³/mol. The fraction of sp³-hybridized carbons (Fsp3) is 0.278. The molecule has 1 unspecified atom stereocenters. The number of hydrogen-bond donors (Lipinski definition) is 2. The number of nitrogens with two attached hydrogens (primary N) is 1. The van der Waals surface area contributed by atoms with Crippen molar-refractivity contribution in [3.63, 3.8) is 0 Å². The average molecular weight is 422 g/mol. The summed E-state index contributed by atoms with van der Waals surface area (Å²) in [5.41, 5.74) is 6.48. The number of halogens is 1. The molecule has 0 saturated carbocycles. The number of hydrogen-bond acceptors (Lipinski definition) is 5. The fourth-order valence-electron chi connectivity index (χ4n) is 2.88. The minimum atomic E-state index is -1.10. The monoisotopic (exact) mass is 421 g/mol. The molecule has 0 spiro atoms. The molecular weight excluding hydrogens is 402 g/mol. The molecule has 1 heterocycles. The molecule has 2 aromatic rings. The lowest BCUT2D eigenvalue weighted by Crippen LogP contribution is -2.37. The topological polar surface area (TPSA) is 111 Å². The van der Waals surface area contributed by atoms with Crippen LogP contribution in [0.1, 0.15) is 30.7 Å². The smallest absolute Gasteiger partial charge is 0.318 e. The molecule has 138 valence electrons. The minimum Gasteiger partial charge on any atom is -0.465 e. The summed E-state index contributed by atoms with van der Waals surface area (Å²) in [4.78, 5) is 26.5. The Labute approximate surface area is 159 Å². The van der Waals surface area contributed by atoms with Gasteiger partial charge in [0.25, 0.3) is 5.69 Å². The second kappa shape index (κ2) is 7.74. The maximum atomic E-state index is 12.7. The lowest BCUT2D eigenvalue weighted by Gasteiger charge is -2.28. The summed E-state index contributed by atoms with van der Waals surface area (Å²) >= 11 is 3.33. The van der Waals surface area contributed by atoms with Crippen LogP contribution in [0.5, 0.6) is 0 Å². The van der Waals surface area contributed by atoms with Gasteiger partial charge in [0, 0.05) is 22.4 Å². The van der Waals surface area contributed by atoms with Gasteiger partial charge in [0.2, 0.25) is 0 Å². The second-order valence-corrected chi connectivity index (χ2v) is 6.81. The Morgan fingerprint density at radius 1 is 1.58 bits per heavy atom. The molecule has 1 aromatic heterocycles. The van der Waals surface area contributed by atoms with E-state index in [1.165, 1.54) is 6.07 Å². The first kappa shape index (κ1) is 19.7. The number of nitrogens with zero attached hydrogens (tertiary/aromatic N) is 1. The molecule has 2 rings (SSSR count). The van der Waals surface area contributed by atoms with Crippen LogP contribution in [0.25, 0.3) is 6.08 Å². The first-order valence-electron chi connectivity index (χ1n) is 7.95. The highest BCUT2D eigenvalue weighted by molar-refractivity contribution is 9.10. The van der Waals surface area contributed by atoms with Crippen LogP contribution in [0.4, 0.5) is 11.4 Å². The molecule has 7 nitrogen and oxygen atoms in total. The fourth-order valence-corrected chi connectivity index (χ4v) is 3.49. The van der Waals surface area contributed by atoms with E-state index < -0.39 is 16.3 Å². The number of nitrogens with one attached hydrogen (secondary N) is 1. The van der Waals surface area contributed by atoms with E-state index in [1.807, 2.05) is 0 Å². The number of nitrogen functional groups attached to an aromatic ring is 1. The van der Waals surface area contributed by atoms with Crippen LogP contribution in [0, 0.1) is 10.1 Å². The molecule has 0 fully saturated rings. The number of nitro benzene ring substituents is 1. The predicted octanol–water partition coefficient (Wildman–Crippen LogP) is 3.97. The van der Waals surface area contributed by atoms with Crippen molar-refractivity contribution < 1.29 is 14.5 Å². The van der Waals surface area contributed by atoms with Crippen molar-refractivity contribution in [1.29, 1.82) is 0 Å². The summed E-state index contributed by atoms with van der Waals surface area (Å²) in [7, 11) is 0. The quantitative estimate of drug-likeness (QED) is 0.304. The number of carbonyl (C=O) groups is 1. The molecule has 3 N–H and O–H groups in total. The molecule has 1 atom stereocenters. The van der Waals surface area contributed by atoms with Crippen LogP contribution in [0.2, 0.25) is 0 Å². The molecule has 0 amide bonds. The van der Waals surface area contributed by atoms with Crippen molar-refractivity contribution in [2.45, 2.75) is 25.7 Å². The Bertz CT molecular complexity index is 849. The Morgan fingerprint density at radius 3 is 2.77 bits per heavy atom. The van der Waals surface area contributed by atoms with Crippen molar-refractivity contribution in [2.75, 3.05) is 12.3 Å². The normalized spacial score (nSPS) is 13.0. The molecule has 0 aliphatic heterocycles. The summed E-state index contributed by atoms with van der Waals surface area (Å²) in [6.45, 7) is 7.42. The van der Waals surface area contributed by atoms with Crippen LogP contribution in [-0.4, -0.2) is 22.5 Å². The standard InChI is InChI=1S/C18H20BrN3O4/c1-4-11-12(16(20)14(22(24)25)9-13(11)19)10-18(3,17(23)26-5-2)15-7-6-8-21-15/h4,6-9,21H,1,5,10,20H2,2-3H3. The highest BCUT2D eigenvalue weighted by atomic mass is 79.9. The summed E-state index contributed by atoms with van der Waals surface area (Å²) in [5.74, 6) is -0.445. The number of anilines is 1. The Balaban J connectivity index is 2.67. The van der Waals surface area contributed by atoms with Crippen LogP contribution < -0.4 is 5.73 Å². The summed E-state index contributed by atoms with van der Waals surface area (Å²) < 4.78 is 5.74. The number of benzene rings is 1. The van der Waals surface area contributed by atoms with E-state index in [-0.39, 0.29) is 24.4 Å². The number of esters is 1. The zero-order valence-corrected chi connectivity index (χ0v) is 16.1. The lowest BCUT2D eigenvalue weighted by molar-refractivity contribution is -0.384. The van der Waals surface area contributed by atoms with Crippen molar-refractivity contribution in [2.24, 2.45) is 0 Å². The third-order valence-corrected chi connectivity index (χ3v) is 4.95. The van der Waals surface area contributed by atoms with Gasteiger partial charge in [-0.25, -0.2) is 0 Å². The van der Waals surface area contributed by atoms with E-state index in [1.54, 1.807) is 38.3 Å². The van der Waals surface area contributed by atoms with Gasteiger partial charge in [0.15, 0.2) is 0 Å². The van der Waals surface area contributed by atoms with Gasteiger partial charge in [0.05, 0.1) is 11.5 Å². The molecule has 0 bridgehead atoms. The van der Waals surface area contributed by atoms with E-state index >= 15 is 0 Å². The molecule has 26 heavy (non-hydrogen) atoms. The summed E-state index contributed by atoms with van der Waals surface area (Å²) in [6.07, 6.45) is 3.37. The van der Waals surface area contributed by atoms with Gasteiger partial charge >= 0.3 is 5.97 Å². The molecule has 0 aliphatic rings. The van der Waals surface area contributed by atoms with Gasteiger partial charge in [0.1, 0.15) is 11.1 Å². The number of ether oxygens (including phenoxy) is 1. The van der Waals surface area contributed by atoms with E-state index in [9.17, 15) is 14.9 Å². The molecule has 0 aliphatic carbocycles. The van der Waals surface area contributed by atoms with Crippen molar-refractivity contribution in [3.05, 3.63) is 62.4 Å². The van der Waals surface area contributed by atoms with E-state index in [0.29, 0.717) is 21.3 Å². The summed E-state index contributed by atoms with van der Waals surface area (Å²) in [5, 5.41) is 11.3. The van der Waals surface area contributed by atoms with Crippen molar-refractivity contribution in [1.82, 2.24) is 4.98 Å². The van der Waals surface area contributed by atoms with Crippen LogP contribution in [0.3, 0.4) is 0 Å². The number of aromatic nitrogens is 1. The van der Waals surface area contributed by atoms with Crippen molar-refractivity contribution in [3.8, 4) is 0 Å². The maximum Gasteiger partial charge on any atom is 0.318 e. The lowest BCUT2D eigenvalue weighted by atomic mass is 9.78. The molecule has 0 radical (unpaired) electrons. The SMILES string of the molecule is C=Cc1c(Br)cc([N+](=O)[O-])c(N)c1CC(C)(C(=O)OCC)c1ccc[nH]1. The van der Waals surface area contributed by atoms with Gasteiger partial charge in [-0.05, 0) is 59.5 Å². The highest BCUT2D eigenvalue weighted by Gasteiger charge is 2.40. The number of carbonyl (C=O) groups excluding carboxylic acids is 1. The largest absolute Gasteiger partial charge is 0.465 e. The third-order valence-electron chi connectivity index (χ3n) is 4.30. The Morgan fingerprint density at radius 2 is 2.27 bits per heavy atom. The first-order chi connectivity index (χ1) is 12.3. The number of nitro groups is 1. The average Bonchev–Trinajstić information content (AvgIpc) is 3.13.